The number of hydrogen-bond acceptors (Lipinski definition) is 6. The summed E-state index contributed by atoms with van der Waals surface area (Å²) in [6.07, 6.45) is 0.756. The van der Waals surface area contributed by atoms with E-state index in [1.807, 2.05) is 56.3 Å². The molecule has 160 valence electrons. The fourth-order valence-corrected chi connectivity index (χ4v) is 4.32. The predicted molar refractivity (Wildman–Crippen MR) is 123 cm³/mol. The quantitative estimate of drug-likeness (QED) is 0.377. The van der Waals surface area contributed by atoms with Crippen molar-refractivity contribution in [3.63, 3.8) is 0 Å². The molecule has 3 aromatic rings. The zero-order valence-electron chi connectivity index (χ0n) is 17.3. The Morgan fingerprint density at radius 3 is 2.65 bits per heavy atom. The first-order chi connectivity index (χ1) is 15.1. The Morgan fingerprint density at radius 1 is 1.19 bits per heavy atom. The third kappa shape index (κ3) is 4.78. The predicted octanol–water partition coefficient (Wildman–Crippen LogP) is 5.47. The van der Waals surface area contributed by atoms with Crippen molar-refractivity contribution in [2.75, 3.05) is 11.9 Å². The zero-order chi connectivity index (χ0) is 21.8. The summed E-state index contributed by atoms with van der Waals surface area (Å²) in [5.74, 6) is 1.000. The first-order valence-corrected chi connectivity index (χ1v) is 11.5. The Kier molecular flexibility index (Phi) is 6.63. The summed E-state index contributed by atoms with van der Waals surface area (Å²) in [6.45, 7) is 4.20. The van der Waals surface area contributed by atoms with Crippen molar-refractivity contribution in [2.24, 2.45) is 0 Å². The summed E-state index contributed by atoms with van der Waals surface area (Å²) in [6, 6.07) is 17.2. The molecule has 1 atom stereocenters. The SMILES string of the molecule is CCCOC(=O)C1=C(C)Nc2nc(SCc3ccccc3)nn2C1c1ccc(Cl)cc1. The second-order valence-electron chi connectivity index (χ2n) is 7.19. The number of rotatable bonds is 7. The number of fused-ring (bicyclic) bond motifs is 1. The number of halogens is 1. The van der Waals surface area contributed by atoms with E-state index in [9.17, 15) is 4.79 Å². The van der Waals surface area contributed by atoms with Crippen LogP contribution >= 0.6 is 23.4 Å². The molecule has 0 bridgehead atoms. The molecule has 6 nitrogen and oxygen atoms in total. The standard InChI is InChI=1S/C23H23ClN4O2S/c1-3-13-30-21(29)19-15(2)25-22-26-23(31-14-16-7-5-4-6-8-16)27-28(22)20(19)17-9-11-18(24)12-10-17/h4-12,20H,3,13-14H2,1-2H3,(H,25,26,27). The minimum atomic E-state index is -0.448. The molecular formula is C23H23ClN4O2S. The van der Waals surface area contributed by atoms with Crippen molar-refractivity contribution in [2.45, 2.75) is 37.2 Å². The maximum atomic E-state index is 12.9. The number of allylic oxidation sites excluding steroid dienone is 1. The van der Waals surface area contributed by atoms with Gasteiger partial charge in [-0.05, 0) is 36.6 Å². The van der Waals surface area contributed by atoms with Crippen molar-refractivity contribution < 1.29 is 9.53 Å². The van der Waals surface area contributed by atoms with E-state index in [2.05, 4.69) is 22.4 Å². The van der Waals surface area contributed by atoms with Crippen molar-refractivity contribution in [3.8, 4) is 0 Å². The molecule has 1 aliphatic rings. The average Bonchev–Trinajstić information content (AvgIpc) is 3.19. The first kappa shape index (κ1) is 21.5. The summed E-state index contributed by atoms with van der Waals surface area (Å²) < 4.78 is 7.23. The van der Waals surface area contributed by atoms with Gasteiger partial charge in [-0.2, -0.15) is 4.98 Å². The lowest BCUT2D eigenvalue weighted by atomic mass is 9.96. The molecule has 1 unspecified atom stereocenters. The van der Waals surface area contributed by atoms with Gasteiger partial charge < -0.3 is 10.1 Å². The molecule has 2 heterocycles. The van der Waals surface area contributed by atoms with Gasteiger partial charge in [0.05, 0.1) is 12.2 Å². The van der Waals surface area contributed by atoms with E-state index >= 15 is 0 Å². The number of thioether (sulfide) groups is 1. The largest absolute Gasteiger partial charge is 0.462 e. The van der Waals surface area contributed by atoms with Gasteiger partial charge in [-0.25, -0.2) is 9.48 Å². The molecule has 1 aromatic heterocycles. The lowest BCUT2D eigenvalue weighted by molar-refractivity contribution is -0.139. The van der Waals surface area contributed by atoms with E-state index in [0.717, 1.165) is 17.7 Å². The Labute approximate surface area is 190 Å². The van der Waals surface area contributed by atoms with E-state index in [-0.39, 0.29) is 5.97 Å². The maximum Gasteiger partial charge on any atom is 0.338 e. The number of hydrogen-bond donors (Lipinski definition) is 1. The van der Waals surface area contributed by atoms with Gasteiger partial charge in [0, 0.05) is 16.5 Å². The minimum Gasteiger partial charge on any atom is -0.462 e. The number of aromatic nitrogens is 3. The van der Waals surface area contributed by atoms with E-state index in [4.69, 9.17) is 21.4 Å². The Bertz CT molecular complexity index is 1100. The van der Waals surface area contributed by atoms with Crippen LogP contribution in [-0.4, -0.2) is 27.3 Å². The molecule has 0 radical (unpaired) electrons. The molecule has 31 heavy (non-hydrogen) atoms. The first-order valence-electron chi connectivity index (χ1n) is 10.1. The van der Waals surface area contributed by atoms with Gasteiger partial charge in [-0.3, -0.25) is 0 Å². The average molecular weight is 455 g/mol. The molecule has 0 amide bonds. The van der Waals surface area contributed by atoms with Gasteiger partial charge in [0.1, 0.15) is 6.04 Å². The Balaban J connectivity index is 1.68. The van der Waals surface area contributed by atoms with Crippen LogP contribution in [0.5, 0.6) is 0 Å². The summed E-state index contributed by atoms with van der Waals surface area (Å²) in [4.78, 5) is 17.6. The van der Waals surface area contributed by atoms with Gasteiger partial charge >= 0.3 is 5.97 Å². The van der Waals surface area contributed by atoms with Crippen LogP contribution in [0.4, 0.5) is 5.95 Å². The molecule has 0 fully saturated rings. The lowest BCUT2D eigenvalue weighted by Gasteiger charge is -2.28. The highest BCUT2D eigenvalue weighted by atomic mass is 35.5. The lowest BCUT2D eigenvalue weighted by Crippen LogP contribution is -2.29. The number of anilines is 1. The second kappa shape index (κ2) is 9.58. The van der Waals surface area contributed by atoms with Gasteiger partial charge in [-0.15, -0.1) is 5.10 Å². The highest BCUT2D eigenvalue weighted by Crippen LogP contribution is 2.37. The van der Waals surface area contributed by atoms with Crippen molar-refractivity contribution in [3.05, 3.63) is 82.0 Å². The Hall–Kier alpha value is -2.77. The number of nitrogens with one attached hydrogen (secondary N) is 1. The van der Waals surface area contributed by atoms with Crippen LogP contribution in [-0.2, 0) is 15.3 Å². The summed E-state index contributed by atoms with van der Waals surface area (Å²) >= 11 is 7.65. The highest BCUT2D eigenvalue weighted by Gasteiger charge is 2.35. The fourth-order valence-electron chi connectivity index (χ4n) is 3.40. The van der Waals surface area contributed by atoms with Crippen LogP contribution in [0.1, 0.15) is 37.4 Å². The molecule has 4 rings (SSSR count). The van der Waals surface area contributed by atoms with E-state index in [0.29, 0.717) is 34.0 Å². The van der Waals surface area contributed by atoms with Crippen LogP contribution in [0.3, 0.4) is 0 Å². The summed E-state index contributed by atoms with van der Waals surface area (Å²) in [7, 11) is 0. The van der Waals surface area contributed by atoms with Crippen molar-refractivity contribution in [1.29, 1.82) is 0 Å². The van der Waals surface area contributed by atoms with Crippen molar-refractivity contribution >= 4 is 35.3 Å². The molecule has 8 heteroatoms. The zero-order valence-corrected chi connectivity index (χ0v) is 18.9. The summed E-state index contributed by atoms with van der Waals surface area (Å²) in [5, 5.41) is 9.22. The summed E-state index contributed by atoms with van der Waals surface area (Å²) in [5.41, 5.74) is 3.31. The van der Waals surface area contributed by atoms with Gasteiger partial charge in [0.25, 0.3) is 0 Å². The highest BCUT2D eigenvalue weighted by molar-refractivity contribution is 7.98. The number of nitrogens with zero attached hydrogens (tertiary/aromatic N) is 3. The topological polar surface area (TPSA) is 69.0 Å². The van der Waals surface area contributed by atoms with Crippen LogP contribution in [0.25, 0.3) is 0 Å². The van der Waals surface area contributed by atoms with Crippen LogP contribution in [0.15, 0.2) is 71.0 Å². The molecule has 0 aliphatic carbocycles. The van der Waals surface area contributed by atoms with Crippen LogP contribution in [0, 0.1) is 0 Å². The number of carbonyl (C=O) groups is 1. The molecule has 0 spiro atoms. The smallest absolute Gasteiger partial charge is 0.338 e. The third-order valence-electron chi connectivity index (χ3n) is 4.89. The second-order valence-corrected chi connectivity index (χ2v) is 8.57. The monoisotopic (exact) mass is 454 g/mol. The number of benzene rings is 2. The van der Waals surface area contributed by atoms with Gasteiger partial charge in [0.2, 0.25) is 11.1 Å². The molecule has 1 aliphatic heterocycles. The van der Waals surface area contributed by atoms with Crippen molar-refractivity contribution in [1.82, 2.24) is 14.8 Å². The van der Waals surface area contributed by atoms with Crippen LogP contribution < -0.4 is 5.32 Å². The molecule has 0 saturated heterocycles. The number of ether oxygens (including phenoxy) is 1. The molecule has 1 N–H and O–H groups in total. The fraction of sp³-hybridized carbons (Fsp3) is 0.261. The Morgan fingerprint density at radius 2 is 1.94 bits per heavy atom. The normalized spacial score (nSPS) is 15.4. The molecule has 0 saturated carbocycles. The molecular weight excluding hydrogens is 432 g/mol. The van der Waals surface area contributed by atoms with Gasteiger partial charge in [-0.1, -0.05) is 72.8 Å². The van der Waals surface area contributed by atoms with Crippen LogP contribution in [0.2, 0.25) is 5.02 Å². The van der Waals surface area contributed by atoms with E-state index in [1.165, 1.54) is 5.56 Å². The molecule has 2 aromatic carbocycles. The number of carbonyl (C=O) groups excluding carboxylic acids is 1. The van der Waals surface area contributed by atoms with Gasteiger partial charge in [0.15, 0.2) is 0 Å². The minimum absolute atomic E-state index is 0.355. The van der Waals surface area contributed by atoms with E-state index in [1.54, 1.807) is 16.4 Å². The number of esters is 1. The van der Waals surface area contributed by atoms with E-state index < -0.39 is 6.04 Å². The third-order valence-corrected chi connectivity index (χ3v) is 6.05. The maximum absolute atomic E-state index is 12.9.